The molecule has 8 aromatic carbocycles. The minimum absolute atomic E-state index is 0.132. The lowest BCUT2D eigenvalue weighted by molar-refractivity contribution is 0.670. The number of furan rings is 2. The summed E-state index contributed by atoms with van der Waals surface area (Å²) in [5, 5.41) is -0.318. The summed E-state index contributed by atoms with van der Waals surface area (Å²) in [6.45, 7) is 0. The van der Waals surface area contributed by atoms with E-state index in [1.54, 1.807) is 66.7 Å². The van der Waals surface area contributed by atoms with Crippen LogP contribution in [0.3, 0.4) is 0 Å². The fourth-order valence-corrected chi connectivity index (χ4v) is 6.15. The summed E-state index contributed by atoms with van der Waals surface area (Å²) in [5.74, 6) is 0. The summed E-state index contributed by atoms with van der Waals surface area (Å²) in [7, 11) is 0. The maximum absolute atomic E-state index is 9.96. The van der Waals surface area contributed by atoms with Gasteiger partial charge in [0.2, 0.25) is 0 Å². The third kappa shape index (κ3) is 4.44. The van der Waals surface area contributed by atoms with Crippen LogP contribution in [0.4, 0.5) is 17.1 Å². The van der Waals surface area contributed by atoms with Gasteiger partial charge in [-0.15, -0.1) is 0 Å². The van der Waals surface area contributed by atoms with E-state index in [4.69, 9.17) is 18.4 Å². The van der Waals surface area contributed by atoms with E-state index in [0.29, 0.717) is 21.9 Å². The molecular weight excluding hydrogens is 599 g/mol. The largest absolute Gasteiger partial charge is 0.455 e. The molecule has 0 amide bonds. The van der Waals surface area contributed by atoms with Crippen molar-refractivity contribution in [3.63, 3.8) is 0 Å². The van der Waals surface area contributed by atoms with Crippen molar-refractivity contribution in [3.05, 3.63) is 176 Å². The number of para-hydroxylation sites is 2. The highest BCUT2D eigenvalue weighted by molar-refractivity contribution is 6.19. The van der Waals surface area contributed by atoms with Gasteiger partial charge < -0.3 is 13.7 Å². The standard InChI is InChI=1S/C46H29NO2/c1-2-11-30(12-3-1)31-23-26-34(27-24-31)47(41-20-10-22-43-44(41)40-28-25-32-13-4-5-16-36(32)46(40)49-43)35-15-8-14-33(29-35)37-18-9-19-39-38-17-6-7-21-42(38)48-45(37)39/h1-29H/i4D,5D,8D,10D,13D,14D,15D,16D,20D,22D,23D,24D,25D,26D,27D,28D,29D. The zero-order valence-corrected chi connectivity index (χ0v) is 25.2. The minimum Gasteiger partial charge on any atom is -0.455 e. The Kier molecular flexibility index (Phi) is 3.49. The molecule has 0 saturated heterocycles. The molecule has 0 saturated carbocycles. The Labute approximate surface area is 306 Å². The highest BCUT2D eigenvalue weighted by atomic mass is 16.3. The molecule has 0 unspecified atom stereocenters. The molecular formula is C46H29NO2. The van der Waals surface area contributed by atoms with E-state index < -0.39 is 147 Å². The average molecular weight is 645 g/mol. The normalized spacial score (nSPS) is 16.5. The van der Waals surface area contributed by atoms with Crippen LogP contribution in [0, 0.1) is 0 Å². The molecule has 0 bridgehead atoms. The number of nitrogens with zero attached hydrogens (tertiary/aromatic N) is 1. The van der Waals surface area contributed by atoms with Crippen molar-refractivity contribution < 1.29 is 32.1 Å². The molecule has 0 aliphatic carbocycles. The number of rotatable bonds is 5. The molecule has 0 aliphatic heterocycles. The summed E-state index contributed by atoms with van der Waals surface area (Å²) < 4.78 is 169. The molecule has 0 radical (unpaired) electrons. The minimum atomic E-state index is -0.874. The first-order valence-electron chi connectivity index (χ1n) is 23.7. The number of hydrogen-bond donors (Lipinski definition) is 0. The Balaban J connectivity index is 1.43. The molecule has 2 aromatic heterocycles. The van der Waals surface area contributed by atoms with Crippen molar-refractivity contribution in [3.8, 4) is 22.3 Å². The number of anilines is 3. The Morgan fingerprint density at radius 2 is 1.24 bits per heavy atom. The second-order valence-corrected chi connectivity index (χ2v) is 11.2. The van der Waals surface area contributed by atoms with Crippen LogP contribution < -0.4 is 4.90 Å². The maximum Gasteiger partial charge on any atom is 0.143 e. The first kappa shape index (κ1) is 15.5. The van der Waals surface area contributed by atoms with Gasteiger partial charge in [0.15, 0.2) is 0 Å². The van der Waals surface area contributed by atoms with Crippen molar-refractivity contribution in [2.45, 2.75) is 0 Å². The van der Waals surface area contributed by atoms with E-state index in [9.17, 15) is 13.7 Å². The first-order valence-corrected chi connectivity index (χ1v) is 15.2. The van der Waals surface area contributed by atoms with E-state index in [0.717, 1.165) is 4.90 Å². The molecule has 0 aliphatic rings. The molecule has 0 atom stereocenters. The smallest absolute Gasteiger partial charge is 0.143 e. The van der Waals surface area contributed by atoms with E-state index in [1.165, 1.54) is 0 Å². The van der Waals surface area contributed by atoms with Crippen molar-refractivity contribution in [2.24, 2.45) is 0 Å². The summed E-state index contributed by atoms with van der Waals surface area (Å²) in [5.41, 5.74) is -2.29. The topological polar surface area (TPSA) is 29.5 Å². The van der Waals surface area contributed by atoms with Crippen LogP contribution in [-0.2, 0) is 0 Å². The van der Waals surface area contributed by atoms with E-state index in [2.05, 4.69) is 0 Å². The van der Waals surface area contributed by atoms with Gasteiger partial charge in [-0.05, 0) is 70.4 Å². The Morgan fingerprint density at radius 1 is 0.449 bits per heavy atom. The molecule has 0 N–H and O–H groups in total. The van der Waals surface area contributed by atoms with Crippen LogP contribution in [0.15, 0.2) is 184 Å². The lowest BCUT2D eigenvalue weighted by atomic mass is 10.0. The van der Waals surface area contributed by atoms with Crippen LogP contribution in [-0.4, -0.2) is 0 Å². The Hall–Kier alpha value is -6.58. The first-order chi connectivity index (χ1) is 31.4. The van der Waals surface area contributed by atoms with Crippen molar-refractivity contribution in [1.29, 1.82) is 0 Å². The summed E-state index contributed by atoms with van der Waals surface area (Å²) in [6.07, 6.45) is 0. The second kappa shape index (κ2) is 11.0. The zero-order valence-electron chi connectivity index (χ0n) is 42.2. The van der Waals surface area contributed by atoms with Gasteiger partial charge in [0.25, 0.3) is 0 Å². The fourth-order valence-electron chi connectivity index (χ4n) is 6.15. The van der Waals surface area contributed by atoms with Gasteiger partial charge in [0.05, 0.1) is 34.4 Å². The van der Waals surface area contributed by atoms with E-state index >= 15 is 0 Å². The van der Waals surface area contributed by atoms with E-state index in [-0.39, 0.29) is 27.7 Å². The van der Waals surface area contributed by atoms with Crippen LogP contribution in [0.1, 0.15) is 23.3 Å². The average Bonchev–Trinajstić information content (AvgIpc) is 3.90. The lowest BCUT2D eigenvalue weighted by Gasteiger charge is -2.27. The van der Waals surface area contributed by atoms with Gasteiger partial charge in [0.1, 0.15) is 22.3 Å². The lowest BCUT2D eigenvalue weighted by Crippen LogP contribution is -2.10. The molecule has 230 valence electrons. The molecule has 10 aromatic rings. The second-order valence-electron chi connectivity index (χ2n) is 11.2. The number of hydrogen-bond acceptors (Lipinski definition) is 3. The van der Waals surface area contributed by atoms with Gasteiger partial charge in [0, 0.05) is 38.5 Å². The van der Waals surface area contributed by atoms with Crippen molar-refractivity contribution in [2.75, 3.05) is 4.90 Å². The quantitative estimate of drug-likeness (QED) is 0.187. The van der Waals surface area contributed by atoms with Gasteiger partial charge in [-0.25, -0.2) is 0 Å². The molecule has 3 nitrogen and oxygen atoms in total. The molecule has 2 heterocycles. The van der Waals surface area contributed by atoms with Gasteiger partial charge in [-0.3, -0.25) is 0 Å². The SMILES string of the molecule is [2H]c1c([2H])c(-c2cccc3c2oc2ccccc23)c([2H])c(N(c2c([2H])c([2H])c(-c3ccccc3)c([2H])c2[2H])c2c([2H])c([2H])c([2H])c3oc4c5c([2H])c([2H])c([2H])c([2H])c5c([2H])c([2H])c4c23)c1[2H]. The van der Waals surface area contributed by atoms with Crippen LogP contribution in [0.2, 0.25) is 0 Å². The maximum atomic E-state index is 9.96. The molecule has 0 fully saturated rings. The third-order valence-corrected chi connectivity index (χ3v) is 8.36. The predicted octanol–water partition coefficient (Wildman–Crippen LogP) is 13.4. The van der Waals surface area contributed by atoms with Crippen LogP contribution >= 0.6 is 0 Å². The van der Waals surface area contributed by atoms with E-state index in [1.807, 2.05) is 6.07 Å². The molecule has 3 heteroatoms. The number of fused-ring (bicyclic) bond motifs is 8. The highest BCUT2D eigenvalue weighted by Crippen LogP contribution is 2.45. The van der Waals surface area contributed by atoms with Gasteiger partial charge >= 0.3 is 0 Å². The van der Waals surface area contributed by atoms with Crippen molar-refractivity contribution >= 4 is 71.7 Å². The Morgan fingerprint density at radius 3 is 2.16 bits per heavy atom. The summed E-state index contributed by atoms with van der Waals surface area (Å²) in [4.78, 5) is 0.810. The molecule has 49 heavy (non-hydrogen) atoms. The summed E-state index contributed by atoms with van der Waals surface area (Å²) in [6, 6.07) is 7.87. The zero-order chi connectivity index (χ0) is 47.1. The summed E-state index contributed by atoms with van der Waals surface area (Å²) >= 11 is 0. The monoisotopic (exact) mass is 644 g/mol. The van der Waals surface area contributed by atoms with Gasteiger partial charge in [-0.1, -0.05) is 127 Å². The van der Waals surface area contributed by atoms with Crippen molar-refractivity contribution in [1.82, 2.24) is 0 Å². The molecule has 0 spiro atoms. The van der Waals surface area contributed by atoms with Crippen LogP contribution in [0.5, 0.6) is 0 Å². The molecule has 10 rings (SSSR count). The number of benzene rings is 8. The Bertz CT molecular complexity index is 3780. The fraction of sp³-hybridized carbons (Fsp3) is 0. The van der Waals surface area contributed by atoms with Gasteiger partial charge in [-0.2, -0.15) is 0 Å². The predicted molar refractivity (Wildman–Crippen MR) is 204 cm³/mol. The third-order valence-electron chi connectivity index (χ3n) is 8.36. The highest BCUT2D eigenvalue weighted by Gasteiger charge is 2.21. The van der Waals surface area contributed by atoms with Crippen LogP contribution in [0.25, 0.3) is 76.9 Å².